The lowest BCUT2D eigenvalue weighted by molar-refractivity contribution is -0.253. The molecule has 1 aromatic carbocycles. The van der Waals surface area contributed by atoms with Gasteiger partial charge in [-0.3, -0.25) is 4.79 Å². The van der Waals surface area contributed by atoms with Crippen molar-refractivity contribution >= 4 is 5.91 Å². The highest BCUT2D eigenvalue weighted by molar-refractivity contribution is 5.96. The fraction of sp³-hybridized carbons (Fsp3) is 0.588. The molecule has 140 valence electrons. The Morgan fingerprint density at radius 1 is 1.32 bits per heavy atom. The molecule has 0 unspecified atom stereocenters. The highest BCUT2D eigenvalue weighted by Gasteiger charge is 2.44. The van der Waals surface area contributed by atoms with E-state index in [1.165, 1.54) is 23.1 Å². The second-order valence-electron chi connectivity index (χ2n) is 6.39. The molecule has 4 nitrogen and oxygen atoms in total. The molecule has 0 radical (unpaired) electrons. The summed E-state index contributed by atoms with van der Waals surface area (Å²) in [5.41, 5.74) is -0.154. The van der Waals surface area contributed by atoms with Gasteiger partial charge >= 0.3 is 12.5 Å². The predicted octanol–water partition coefficient (Wildman–Crippen LogP) is 3.34. The predicted molar refractivity (Wildman–Crippen MR) is 85.2 cm³/mol. The summed E-state index contributed by atoms with van der Waals surface area (Å²) in [5, 5.41) is 0. The number of benzene rings is 1. The largest absolute Gasteiger partial charge is 0.461 e. The van der Waals surface area contributed by atoms with Crippen molar-refractivity contribution in [2.24, 2.45) is 5.92 Å². The number of carbonyl (C=O) groups excluding carboxylic acids is 1. The molecule has 1 aliphatic rings. The lowest BCUT2D eigenvalue weighted by Gasteiger charge is -2.32. The molecule has 0 aromatic heterocycles. The number of amides is 1. The standard InChI is InChI=1S/C17H22F4N2O2/c1-22-9-7-12(8-10-22)11-23(2)15(24)13-5-3-4-6-14(13)25-17(20,21)16(18)19/h3-6,12,16H,7-11H2,1-2H3. The monoisotopic (exact) mass is 362 g/mol. The maximum atomic E-state index is 13.2. The molecule has 1 heterocycles. The van der Waals surface area contributed by atoms with Crippen molar-refractivity contribution in [2.45, 2.75) is 25.4 Å². The molecule has 1 aliphatic heterocycles. The van der Waals surface area contributed by atoms with Crippen LogP contribution in [0.5, 0.6) is 5.75 Å². The van der Waals surface area contributed by atoms with E-state index >= 15 is 0 Å². The summed E-state index contributed by atoms with van der Waals surface area (Å²) < 4.78 is 55.2. The fourth-order valence-electron chi connectivity index (χ4n) is 2.84. The van der Waals surface area contributed by atoms with E-state index in [9.17, 15) is 22.4 Å². The van der Waals surface area contributed by atoms with E-state index in [0.29, 0.717) is 12.5 Å². The summed E-state index contributed by atoms with van der Waals surface area (Å²) in [6.07, 6.45) is -6.75. The summed E-state index contributed by atoms with van der Waals surface area (Å²) >= 11 is 0. The zero-order valence-electron chi connectivity index (χ0n) is 14.2. The Hall–Kier alpha value is -1.83. The molecule has 0 saturated carbocycles. The summed E-state index contributed by atoms with van der Waals surface area (Å²) in [4.78, 5) is 16.2. The summed E-state index contributed by atoms with van der Waals surface area (Å²) in [5.74, 6) is -0.756. The molecule has 0 aliphatic carbocycles. The Balaban J connectivity index is 2.08. The Labute approximate surface area is 144 Å². The van der Waals surface area contributed by atoms with Gasteiger partial charge in [-0.05, 0) is 51.0 Å². The number of piperidine rings is 1. The number of halogens is 4. The van der Waals surface area contributed by atoms with Crippen molar-refractivity contribution in [3.05, 3.63) is 29.8 Å². The van der Waals surface area contributed by atoms with Gasteiger partial charge in [0, 0.05) is 13.6 Å². The number of nitrogens with zero attached hydrogens (tertiary/aromatic N) is 2. The van der Waals surface area contributed by atoms with E-state index in [-0.39, 0.29) is 5.56 Å². The first kappa shape index (κ1) is 19.5. The number of rotatable bonds is 6. The van der Waals surface area contributed by atoms with Crippen molar-refractivity contribution in [1.82, 2.24) is 9.80 Å². The van der Waals surface area contributed by atoms with E-state index in [1.54, 1.807) is 7.05 Å². The van der Waals surface area contributed by atoms with Crippen LogP contribution in [-0.4, -0.2) is 62.0 Å². The smallest absolute Gasteiger partial charge is 0.427 e. The van der Waals surface area contributed by atoms with Gasteiger partial charge in [-0.2, -0.15) is 17.6 Å². The second kappa shape index (κ2) is 8.03. The Morgan fingerprint density at radius 3 is 2.52 bits per heavy atom. The summed E-state index contributed by atoms with van der Waals surface area (Å²) in [6, 6.07) is 5.21. The topological polar surface area (TPSA) is 32.8 Å². The molecule has 8 heteroatoms. The van der Waals surface area contributed by atoms with Crippen LogP contribution in [0.1, 0.15) is 23.2 Å². The molecule has 1 saturated heterocycles. The Morgan fingerprint density at radius 2 is 1.92 bits per heavy atom. The number of carbonyl (C=O) groups is 1. The number of alkyl halides is 4. The molecule has 0 atom stereocenters. The molecular formula is C17H22F4N2O2. The van der Waals surface area contributed by atoms with Gasteiger partial charge in [0.1, 0.15) is 5.75 Å². The molecule has 1 aromatic rings. The molecular weight excluding hydrogens is 340 g/mol. The molecule has 0 N–H and O–H groups in total. The van der Waals surface area contributed by atoms with Crippen LogP contribution < -0.4 is 4.74 Å². The molecule has 0 spiro atoms. The minimum Gasteiger partial charge on any atom is -0.427 e. The van der Waals surface area contributed by atoms with Crippen molar-refractivity contribution in [2.75, 3.05) is 33.7 Å². The first-order valence-corrected chi connectivity index (χ1v) is 8.08. The van der Waals surface area contributed by atoms with Gasteiger partial charge in [0.2, 0.25) is 0 Å². The Bertz CT molecular complexity index is 590. The first-order chi connectivity index (χ1) is 11.7. The van der Waals surface area contributed by atoms with Crippen molar-refractivity contribution in [3.63, 3.8) is 0 Å². The number of ether oxygens (including phenoxy) is 1. The van der Waals surface area contributed by atoms with Crippen molar-refractivity contribution < 1.29 is 27.1 Å². The third kappa shape index (κ3) is 5.07. The van der Waals surface area contributed by atoms with Gasteiger partial charge in [0.05, 0.1) is 5.56 Å². The second-order valence-corrected chi connectivity index (χ2v) is 6.39. The van der Waals surface area contributed by atoms with Crippen LogP contribution in [-0.2, 0) is 0 Å². The number of para-hydroxylation sites is 1. The maximum absolute atomic E-state index is 13.2. The van der Waals surface area contributed by atoms with Crippen LogP contribution in [0.15, 0.2) is 24.3 Å². The highest BCUT2D eigenvalue weighted by atomic mass is 19.3. The highest BCUT2D eigenvalue weighted by Crippen LogP contribution is 2.30. The van der Waals surface area contributed by atoms with E-state index in [2.05, 4.69) is 9.64 Å². The SMILES string of the molecule is CN1CCC(CN(C)C(=O)c2ccccc2OC(F)(F)C(F)F)CC1. The van der Waals surface area contributed by atoms with Gasteiger partial charge in [0.15, 0.2) is 0 Å². The van der Waals surface area contributed by atoms with Gasteiger partial charge in [-0.1, -0.05) is 12.1 Å². The van der Waals surface area contributed by atoms with Crippen LogP contribution in [0.4, 0.5) is 17.6 Å². The van der Waals surface area contributed by atoms with E-state index in [0.717, 1.165) is 32.0 Å². The lowest BCUT2D eigenvalue weighted by Crippen LogP contribution is -2.38. The molecule has 2 rings (SSSR count). The van der Waals surface area contributed by atoms with E-state index in [4.69, 9.17) is 0 Å². The maximum Gasteiger partial charge on any atom is 0.461 e. The summed E-state index contributed by atoms with van der Waals surface area (Å²) in [7, 11) is 3.60. The third-order valence-electron chi connectivity index (χ3n) is 4.33. The first-order valence-electron chi connectivity index (χ1n) is 8.08. The summed E-state index contributed by atoms with van der Waals surface area (Å²) in [6.45, 7) is 2.35. The van der Waals surface area contributed by atoms with Crippen LogP contribution in [0, 0.1) is 5.92 Å². The Kier molecular flexibility index (Phi) is 6.26. The van der Waals surface area contributed by atoms with Crippen LogP contribution >= 0.6 is 0 Å². The molecule has 1 fully saturated rings. The van der Waals surface area contributed by atoms with Gasteiger partial charge in [0.25, 0.3) is 5.91 Å². The average molecular weight is 362 g/mol. The lowest BCUT2D eigenvalue weighted by atomic mass is 9.96. The zero-order valence-corrected chi connectivity index (χ0v) is 14.2. The van der Waals surface area contributed by atoms with Gasteiger partial charge < -0.3 is 14.5 Å². The van der Waals surface area contributed by atoms with Crippen molar-refractivity contribution in [3.8, 4) is 5.75 Å². The van der Waals surface area contributed by atoms with Gasteiger partial charge in [-0.15, -0.1) is 0 Å². The average Bonchev–Trinajstić information content (AvgIpc) is 2.56. The molecule has 1 amide bonds. The van der Waals surface area contributed by atoms with Crippen molar-refractivity contribution in [1.29, 1.82) is 0 Å². The number of likely N-dealkylation sites (tertiary alicyclic amines) is 1. The van der Waals surface area contributed by atoms with E-state index in [1.807, 2.05) is 7.05 Å². The fourth-order valence-corrected chi connectivity index (χ4v) is 2.84. The minimum atomic E-state index is -4.65. The zero-order chi connectivity index (χ0) is 18.6. The number of hydrogen-bond acceptors (Lipinski definition) is 3. The third-order valence-corrected chi connectivity index (χ3v) is 4.33. The molecule has 25 heavy (non-hydrogen) atoms. The molecule has 0 bridgehead atoms. The van der Waals surface area contributed by atoms with Crippen LogP contribution in [0.2, 0.25) is 0 Å². The quantitative estimate of drug-likeness (QED) is 0.728. The van der Waals surface area contributed by atoms with Crippen LogP contribution in [0.3, 0.4) is 0 Å². The number of hydrogen-bond donors (Lipinski definition) is 0. The van der Waals surface area contributed by atoms with Crippen LogP contribution in [0.25, 0.3) is 0 Å². The van der Waals surface area contributed by atoms with Gasteiger partial charge in [-0.25, -0.2) is 0 Å². The minimum absolute atomic E-state index is 0.154. The normalized spacial score (nSPS) is 16.9. The van der Waals surface area contributed by atoms with E-state index < -0.39 is 24.2 Å².